The fourth-order valence-corrected chi connectivity index (χ4v) is 3.54. The van der Waals surface area contributed by atoms with Gasteiger partial charge in [-0.2, -0.15) is 0 Å². The second-order valence-corrected chi connectivity index (χ2v) is 6.22. The van der Waals surface area contributed by atoms with Crippen LogP contribution in [0.2, 0.25) is 0 Å². The molecule has 3 N–H and O–H groups in total. The van der Waals surface area contributed by atoms with Gasteiger partial charge in [-0.1, -0.05) is 18.6 Å². The van der Waals surface area contributed by atoms with Crippen LogP contribution >= 0.6 is 0 Å². The van der Waals surface area contributed by atoms with Crippen LogP contribution in [0.4, 0.5) is 0 Å². The molecule has 1 saturated carbocycles. The molecule has 0 bridgehead atoms. The average molecular weight is 256 g/mol. The molecular weight excluding hydrogens is 232 g/mol. The zero-order chi connectivity index (χ0) is 13.6. The van der Waals surface area contributed by atoms with Gasteiger partial charge >= 0.3 is 0 Å². The summed E-state index contributed by atoms with van der Waals surface area (Å²) in [5.41, 5.74) is 13.1. The summed E-state index contributed by atoms with van der Waals surface area (Å²) in [7, 11) is 0. The van der Waals surface area contributed by atoms with Crippen molar-refractivity contribution >= 4 is 10.9 Å². The number of aromatic nitrogens is 1. The van der Waals surface area contributed by atoms with E-state index in [0.717, 1.165) is 6.42 Å². The van der Waals surface area contributed by atoms with E-state index in [4.69, 9.17) is 5.73 Å². The summed E-state index contributed by atoms with van der Waals surface area (Å²) in [5, 5.41) is 1.40. The zero-order valence-corrected chi connectivity index (χ0v) is 12.2. The van der Waals surface area contributed by atoms with Gasteiger partial charge in [0.25, 0.3) is 0 Å². The minimum atomic E-state index is 0.399. The van der Waals surface area contributed by atoms with Crippen molar-refractivity contribution in [1.29, 1.82) is 0 Å². The molecule has 0 aliphatic heterocycles. The Bertz CT molecular complexity index is 609. The molecule has 2 unspecified atom stereocenters. The van der Waals surface area contributed by atoms with E-state index < -0.39 is 0 Å². The van der Waals surface area contributed by atoms with Gasteiger partial charge < -0.3 is 10.7 Å². The van der Waals surface area contributed by atoms with Crippen molar-refractivity contribution < 1.29 is 0 Å². The van der Waals surface area contributed by atoms with Crippen molar-refractivity contribution in [1.82, 2.24) is 4.98 Å². The molecule has 0 radical (unpaired) electrons. The van der Waals surface area contributed by atoms with Crippen LogP contribution in [-0.2, 0) is 6.42 Å². The highest BCUT2D eigenvalue weighted by molar-refractivity contribution is 5.88. The normalized spacial score (nSPS) is 23.4. The lowest BCUT2D eigenvalue weighted by atomic mass is 9.93. The van der Waals surface area contributed by atoms with Crippen LogP contribution < -0.4 is 5.73 Å². The van der Waals surface area contributed by atoms with Gasteiger partial charge in [-0.05, 0) is 62.6 Å². The molecule has 0 saturated heterocycles. The number of hydrogen-bond donors (Lipinski definition) is 2. The van der Waals surface area contributed by atoms with Crippen molar-refractivity contribution in [3.8, 4) is 0 Å². The first-order valence-electron chi connectivity index (χ1n) is 7.41. The third-order valence-corrected chi connectivity index (χ3v) is 5.01. The summed E-state index contributed by atoms with van der Waals surface area (Å²) >= 11 is 0. The van der Waals surface area contributed by atoms with E-state index in [2.05, 4.69) is 37.9 Å². The summed E-state index contributed by atoms with van der Waals surface area (Å²) in [6.07, 6.45) is 4.92. The molecule has 102 valence electrons. The van der Waals surface area contributed by atoms with Gasteiger partial charge in [0.1, 0.15) is 0 Å². The number of H-pyrrole nitrogens is 1. The maximum absolute atomic E-state index is 6.23. The Morgan fingerprint density at radius 3 is 2.68 bits per heavy atom. The summed E-state index contributed by atoms with van der Waals surface area (Å²) in [4.78, 5) is 3.58. The molecule has 1 fully saturated rings. The van der Waals surface area contributed by atoms with E-state index in [0.29, 0.717) is 12.0 Å². The van der Waals surface area contributed by atoms with Crippen molar-refractivity contribution in [2.24, 2.45) is 11.7 Å². The Hall–Kier alpha value is -1.28. The molecule has 0 spiro atoms. The Morgan fingerprint density at radius 1 is 1.21 bits per heavy atom. The largest absolute Gasteiger partial charge is 0.358 e. The van der Waals surface area contributed by atoms with E-state index in [1.807, 2.05) is 0 Å². The van der Waals surface area contributed by atoms with Gasteiger partial charge in [0, 0.05) is 22.6 Å². The second-order valence-electron chi connectivity index (χ2n) is 6.22. The highest BCUT2D eigenvalue weighted by Gasteiger charge is 2.25. The molecule has 2 heteroatoms. The Morgan fingerprint density at radius 2 is 2.00 bits per heavy atom. The predicted octanol–water partition coefficient (Wildman–Crippen LogP) is 3.76. The van der Waals surface area contributed by atoms with Crippen LogP contribution in [0.15, 0.2) is 12.1 Å². The smallest absolute Gasteiger partial charge is 0.0491 e. The summed E-state index contributed by atoms with van der Waals surface area (Å²) < 4.78 is 0. The number of rotatable bonds is 2. The van der Waals surface area contributed by atoms with E-state index in [1.165, 1.54) is 52.5 Å². The molecule has 1 heterocycles. The quantitative estimate of drug-likeness (QED) is 0.844. The van der Waals surface area contributed by atoms with Crippen LogP contribution in [-0.4, -0.2) is 11.0 Å². The average Bonchev–Trinajstić information content (AvgIpc) is 2.91. The van der Waals surface area contributed by atoms with Crippen LogP contribution in [0.5, 0.6) is 0 Å². The van der Waals surface area contributed by atoms with E-state index in [-0.39, 0.29) is 0 Å². The molecule has 2 nitrogen and oxygen atoms in total. The number of aromatic amines is 1. The fourth-order valence-electron chi connectivity index (χ4n) is 3.54. The Kier molecular flexibility index (Phi) is 3.14. The number of benzene rings is 1. The standard InChI is InChI=1S/C17H24N2/c1-10-7-8-14-15(9-13-5-4-6-16(13)18)12(3)19-17(14)11(10)2/h7-8,13,16,19H,4-6,9,18H2,1-3H3. The molecular formula is C17H24N2. The van der Waals surface area contributed by atoms with Crippen molar-refractivity contribution in [3.05, 3.63) is 34.5 Å². The highest BCUT2D eigenvalue weighted by Crippen LogP contribution is 2.33. The van der Waals surface area contributed by atoms with E-state index in [1.54, 1.807) is 0 Å². The lowest BCUT2D eigenvalue weighted by molar-refractivity contribution is 0.479. The summed E-state index contributed by atoms with van der Waals surface area (Å²) in [6, 6.07) is 4.91. The third kappa shape index (κ3) is 2.08. The molecule has 3 rings (SSSR count). The van der Waals surface area contributed by atoms with Crippen molar-refractivity contribution in [2.75, 3.05) is 0 Å². The van der Waals surface area contributed by atoms with Crippen LogP contribution in [0.25, 0.3) is 10.9 Å². The Labute approximate surface area is 115 Å². The van der Waals surface area contributed by atoms with Crippen molar-refractivity contribution in [3.63, 3.8) is 0 Å². The maximum Gasteiger partial charge on any atom is 0.0491 e. The molecule has 1 aliphatic carbocycles. The number of nitrogens with one attached hydrogen (secondary N) is 1. The minimum Gasteiger partial charge on any atom is -0.358 e. The number of nitrogens with two attached hydrogens (primary N) is 1. The molecule has 1 aliphatic rings. The molecule has 1 aromatic heterocycles. The van der Waals surface area contributed by atoms with Gasteiger partial charge in [-0.25, -0.2) is 0 Å². The molecule has 0 amide bonds. The van der Waals surface area contributed by atoms with Gasteiger partial charge in [0.05, 0.1) is 0 Å². The number of fused-ring (bicyclic) bond motifs is 1. The zero-order valence-electron chi connectivity index (χ0n) is 12.2. The van der Waals surface area contributed by atoms with Gasteiger partial charge in [0.2, 0.25) is 0 Å². The van der Waals surface area contributed by atoms with E-state index >= 15 is 0 Å². The van der Waals surface area contributed by atoms with Gasteiger partial charge in [0.15, 0.2) is 0 Å². The van der Waals surface area contributed by atoms with Crippen LogP contribution in [0.1, 0.15) is 41.6 Å². The minimum absolute atomic E-state index is 0.399. The summed E-state index contributed by atoms with van der Waals surface area (Å²) in [6.45, 7) is 6.58. The molecule has 19 heavy (non-hydrogen) atoms. The van der Waals surface area contributed by atoms with Gasteiger partial charge in [-0.15, -0.1) is 0 Å². The fraction of sp³-hybridized carbons (Fsp3) is 0.529. The van der Waals surface area contributed by atoms with Crippen LogP contribution in [0.3, 0.4) is 0 Å². The first kappa shape index (κ1) is 12.7. The first-order valence-corrected chi connectivity index (χ1v) is 7.41. The van der Waals surface area contributed by atoms with Gasteiger partial charge in [-0.3, -0.25) is 0 Å². The van der Waals surface area contributed by atoms with E-state index in [9.17, 15) is 0 Å². The first-order chi connectivity index (χ1) is 9.08. The predicted molar refractivity (Wildman–Crippen MR) is 81.5 cm³/mol. The SMILES string of the molecule is Cc1ccc2c(CC3CCCC3N)c(C)[nH]c2c1C. The van der Waals surface area contributed by atoms with Crippen LogP contribution in [0, 0.1) is 26.7 Å². The topological polar surface area (TPSA) is 41.8 Å². The third-order valence-electron chi connectivity index (χ3n) is 5.01. The highest BCUT2D eigenvalue weighted by atomic mass is 14.7. The van der Waals surface area contributed by atoms with Crippen molar-refractivity contribution in [2.45, 2.75) is 52.5 Å². The molecule has 2 atom stereocenters. The molecule has 1 aromatic carbocycles. The lowest BCUT2D eigenvalue weighted by Crippen LogP contribution is -2.26. The lowest BCUT2D eigenvalue weighted by Gasteiger charge is -2.15. The number of aryl methyl sites for hydroxylation is 3. The number of hydrogen-bond acceptors (Lipinski definition) is 1. The monoisotopic (exact) mass is 256 g/mol. The second kappa shape index (κ2) is 4.68. The maximum atomic E-state index is 6.23. The molecule has 2 aromatic rings. The summed E-state index contributed by atoms with van der Waals surface area (Å²) in [5.74, 6) is 0.666. The Balaban J connectivity index is 2.03.